The van der Waals surface area contributed by atoms with Crippen LogP contribution in [0.4, 0.5) is 9.80 Å². The van der Waals surface area contributed by atoms with Crippen LogP contribution in [0.5, 0.6) is 0 Å². The third-order valence-electron chi connectivity index (χ3n) is 3.58. The second kappa shape index (κ2) is 7.63. The fraction of sp³-hybridized carbons (Fsp3) is 0.0526. The maximum absolute atomic E-state index is 12.1. The average molecular weight is 351 g/mol. The summed E-state index contributed by atoms with van der Waals surface area (Å²) in [7, 11) is 0. The Morgan fingerprint density at radius 2 is 1.60 bits per heavy atom. The number of carbonyl (C=O) groups is 2. The van der Waals surface area contributed by atoms with Crippen LogP contribution in [0.3, 0.4) is 0 Å². The van der Waals surface area contributed by atoms with Crippen molar-refractivity contribution in [2.24, 2.45) is 5.73 Å². The quantitative estimate of drug-likeness (QED) is 0.652. The number of thiophene rings is 1. The van der Waals surface area contributed by atoms with E-state index in [0.29, 0.717) is 17.1 Å². The van der Waals surface area contributed by atoms with Crippen molar-refractivity contribution in [3.63, 3.8) is 0 Å². The van der Waals surface area contributed by atoms with Crippen molar-refractivity contribution in [2.45, 2.75) is 6.54 Å². The average Bonchev–Trinajstić information content (AvgIpc) is 3.06. The highest BCUT2D eigenvalue weighted by Gasteiger charge is 2.16. The molecule has 4 N–H and O–H groups in total. The number of carbonyl (C=O) groups excluding carboxylic acids is 2. The Balaban J connectivity index is 1.73. The van der Waals surface area contributed by atoms with Crippen LogP contribution < -0.4 is 16.4 Å². The molecule has 0 aliphatic heterocycles. The minimum absolute atomic E-state index is 0.304. The maximum Gasteiger partial charge on any atom is 0.320 e. The molecular weight excluding hydrogens is 334 g/mol. The van der Waals surface area contributed by atoms with Crippen LogP contribution in [0, 0.1) is 0 Å². The van der Waals surface area contributed by atoms with Gasteiger partial charge in [-0.05, 0) is 17.2 Å². The highest BCUT2D eigenvalue weighted by Crippen LogP contribution is 2.35. The van der Waals surface area contributed by atoms with E-state index in [1.54, 1.807) is 6.07 Å². The Labute approximate surface area is 149 Å². The van der Waals surface area contributed by atoms with Gasteiger partial charge < -0.3 is 11.1 Å². The molecular formula is C19H17N3O2S. The van der Waals surface area contributed by atoms with Crippen molar-refractivity contribution in [2.75, 3.05) is 5.32 Å². The first-order valence-corrected chi connectivity index (χ1v) is 8.53. The lowest BCUT2D eigenvalue weighted by Gasteiger charge is -2.07. The summed E-state index contributed by atoms with van der Waals surface area (Å²) in [5, 5.41) is 5.93. The van der Waals surface area contributed by atoms with Gasteiger partial charge in [-0.25, -0.2) is 4.79 Å². The Morgan fingerprint density at radius 1 is 0.960 bits per heavy atom. The Bertz CT molecular complexity index is 876. The maximum atomic E-state index is 12.1. The standard InChI is InChI=1S/C19H17N3O2S/c20-17(23)15-11-16(14-9-5-2-6-10-14)25-18(15)22-19(24)21-12-13-7-3-1-4-8-13/h1-11H,12H2,(H2,20,23)(H2,21,22,24). The second-order valence-electron chi connectivity index (χ2n) is 5.38. The molecule has 25 heavy (non-hydrogen) atoms. The largest absolute Gasteiger partial charge is 0.366 e. The molecule has 3 rings (SSSR count). The summed E-state index contributed by atoms with van der Waals surface area (Å²) in [6, 6.07) is 20.5. The van der Waals surface area contributed by atoms with Gasteiger partial charge in [-0.1, -0.05) is 60.7 Å². The number of amides is 3. The van der Waals surface area contributed by atoms with Gasteiger partial charge in [-0.3, -0.25) is 10.1 Å². The topological polar surface area (TPSA) is 84.2 Å². The van der Waals surface area contributed by atoms with Crippen molar-refractivity contribution in [3.05, 3.63) is 77.9 Å². The van der Waals surface area contributed by atoms with E-state index < -0.39 is 5.91 Å². The van der Waals surface area contributed by atoms with Crippen molar-refractivity contribution in [1.29, 1.82) is 0 Å². The van der Waals surface area contributed by atoms with Crippen molar-refractivity contribution in [3.8, 4) is 10.4 Å². The molecule has 2 aromatic carbocycles. The molecule has 6 heteroatoms. The number of nitrogens with two attached hydrogens (primary N) is 1. The minimum Gasteiger partial charge on any atom is -0.366 e. The lowest BCUT2D eigenvalue weighted by molar-refractivity contribution is 0.100. The van der Waals surface area contributed by atoms with Crippen LogP contribution in [0.15, 0.2) is 66.7 Å². The molecule has 3 amide bonds. The van der Waals surface area contributed by atoms with Crippen molar-refractivity contribution < 1.29 is 9.59 Å². The Hall–Kier alpha value is -3.12. The number of urea groups is 1. The van der Waals surface area contributed by atoms with E-state index in [4.69, 9.17) is 5.73 Å². The summed E-state index contributed by atoms with van der Waals surface area (Å²) in [6.07, 6.45) is 0. The van der Waals surface area contributed by atoms with Gasteiger partial charge in [0, 0.05) is 11.4 Å². The van der Waals surface area contributed by atoms with E-state index >= 15 is 0 Å². The van der Waals surface area contributed by atoms with Gasteiger partial charge in [-0.15, -0.1) is 11.3 Å². The minimum atomic E-state index is -0.572. The van der Waals surface area contributed by atoms with Gasteiger partial charge in [0.15, 0.2) is 0 Å². The van der Waals surface area contributed by atoms with Crippen LogP contribution >= 0.6 is 11.3 Å². The van der Waals surface area contributed by atoms with E-state index in [-0.39, 0.29) is 6.03 Å². The number of anilines is 1. The van der Waals surface area contributed by atoms with Crippen molar-refractivity contribution >= 4 is 28.3 Å². The van der Waals surface area contributed by atoms with Crippen LogP contribution in [-0.4, -0.2) is 11.9 Å². The first-order chi connectivity index (χ1) is 12.1. The van der Waals surface area contributed by atoms with E-state index in [0.717, 1.165) is 16.0 Å². The zero-order valence-electron chi connectivity index (χ0n) is 13.4. The molecule has 1 heterocycles. The number of rotatable bonds is 5. The van der Waals surface area contributed by atoms with E-state index in [1.807, 2.05) is 60.7 Å². The molecule has 0 atom stereocenters. The number of primary amides is 1. The number of nitrogens with one attached hydrogen (secondary N) is 2. The summed E-state index contributed by atoms with van der Waals surface area (Å²) in [5.41, 5.74) is 7.70. The number of hydrogen-bond donors (Lipinski definition) is 3. The summed E-state index contributed by atoms with van der Waals surface area (Å²) in [5.74, 6) is -0.572. The molecule has 0 fully saturated rings. The van der Waals surface area contributed by atoms with Crippen LogP contribution in [0.1, 0.15) is 15.9 Å². The molecule has 0 radical (unpaired) electrons. The van der Waals surface area contributed by atoms with Crippen molar-refractivity contribution in [1.82, 2.24) is 5.32 Å². The second-order valence-corrected chi connectivity index (χ2v) is 6.43. The van der Waals surface area contributed by atoms with Gasteiger partial charge in [0.1, 0.15) is 5.00 Å². The normalized spacial score (nSPS) is 10.2. The molecule has 0 spiro atoms. The zero-order chi connectivity index (χ0) is 17.6. The third kappa shape index (κ3) is 4.24. The lowest BCUT2D eigenvalue weighted by atomic mass is 10.1. The number of hydrogen-bond acceptors (Lipinski definition) is 3. The molecule has 0 saturated carbocycles. The summed E-state index contributed by atoms with van der Waals surface area (Å²) in [4.78, 5) is 24.7. The van der Waals surface area contributed by atoms with Gasteiger partial charge >= 0.3 is 6.03 Å². The Kier molecular flexibility index (Phi) is 5.11. The third-order valence-corrected chi connectivity index (χ3v) is 4.68. The van der Waals surface area contributed by atoms with Crippen LogP contribution in [0.25, 0.3) is 10.4 Å². The fourth-order valence-corrected chi connectivity index (χ4v) is 3.40. The molecule has 0 aliphatic carbocycles. The molecule has 1 aromatic heterocycles. The molecule has 0 bridgehead atoms. The summed E-state index contributed by atoms with van der Waals surface area (Å²) >= 11 is 1.32. The molecule has 5 nitrogen and oxygen atoms in total. The molecule has 126 valence electrons. The molecule has 0 unspecified atom stereocenters. The lowest BCUT2D eigenvalue weighted by Crippen LogP contribution is -2.28. The Morgan fingerprint density at radius 3 is 2.24 bits per heavy atom. The number of benzene rings is 2. The molecule has 3 aromatic rings. The SMILES string of the molecule is NC(=O)c1cc(-c2ccccc2)sc1NC(=O)NCc1ccccc1. The van der Waals surface area contributed by atoms with E-state index in [2.05, 4.69) is 10.6 Å². The van der Waals surface area contributed by atoms with Gasteiger partial charge in [0.25, 0.3) is 5.91 Å². The highest BCUT2D eigenvalue weighted by atomic mass is 32.1. The van der Waals surface area contributed by atoms with Gasteiger partial charge in [-0.2, -0.15) is 0 Å². The van der Waals surface area contributed by atoms with E-state index in [1.165, 1.54) is 11.3 Å². The smallest absolute Gasteiger partial charge is 0.320 e. The first-order valence-electron chi connectivity index (χ1n) is 7.71. The predicted octanol–water partition coefficient (Wildman–Crippen LogP) is 3.84. The first kappa shape index (κ1) is 16.7. The summed E-state index contributed by atoms with van der Waals surface area (Å²) in [6.45, 7) is 0.398. The van der Waals surface area contributed by atoms with Gasteiger partial charge in [0.2, 0.25) is 0 Å². The van der Waals surface area contributed by atoms with E-state index in [9.17, 15) is 9.59 Å². The summed E-state index contributed by atoms with van der Waals surface area (Å²) < 4.78 is 0. The monoisotopic (exact) mass is 351 g/mol. The fourth-order valence-electron chi connectivity index (χ4n) is 2.34. The van der Waals surface area contributed by atoms with Crippen LogP contribution in [0.2, 0.25) is 0 Å². The van der Waals surface area contributed by atoms with Gasteiger partial charge in [0.05, 0.1) is 5.56 Å². The van der Waals surface area contributed by atoms with Crippen LogP contribution in [-0.2, 0) is 6.54 Å². The predicted molar refractivity (Wildman–Crippen MR) is 101 cm³/mol. The molecule has 0 saturated heterocycles. The zero-order valence-corrected chi connectivity index (χ0v) is 14.2. The highest BCUT2D eigenvalue weighted by molar-refractivity contribution is 7.20. The molecule has 0 aliphatic rings.